The lowest BCUT2D eigenvalue weighted by molar-refractivity contribution is -0.167. The molecule has 1 atom stereocenters. The van der Waals surface area contributed by atoms with Gasteiger partial charge in [0, 0.05) is 19.3 Å². The van der Waals surface area contributed by atoms with E-state index in [4.69, 9.17) is 14.2 Å². The van der Waals surface area contributed by atoms with Gasteiger partial charge < -0.3 is 14.2 Å². The first-order valence-electron chi connectivity index (χ1n) is 37.3. The smallest absolute Gasteiger partial charge is 0.306 e. The molecule has 0 saturated carbocycles. The second kappa shape index (κ2) is 71.4. The molecule has 0 aromatic heterocycles. The first kappa shape index (κ1) is 79.9. The molecule has 0 fully saturated rings. The summed E-state index contributed by atoms with van der Waals surface area (Å²) in [7, 11) is 0. The molecule has 0 spiro atoms. The van der Waals surface area contributed by atoms with Crippen LogP contribution in [0.15, 0.2) is 24.3 Å². The molecule has 6 heteroatoms. The number of esters is 3. The van der Waals surface area contributed by atoms with Gasteiger partial charge in [-0.3, -0.25) is 14.4 Å². The Bertz CT molecular complexity index is 1320. The Morgan fingerprint density at radius 3 is 0.683 bits per heavy atom. The summed E-state index contributed by atoms with van der Waals surface area (Å²) in [6.07, 6.45) is 88.1. The van der Waals surface area contributed by atoms with Gasteiger partial charge >= 0.3 is 17.9 Å². The van der Waals surface area contributed by atoms with Gasteiger partial charge in [-0.2, -0.15) is 0 Å². The molecule has 0 aliphatic rings. The minimum atomic E-state index is -0.776. The van der Waals surface area contributed by atoms with E-state index in [1.165, 1.54) is 308 Å². The van der Waals surface area contributed by atoms with Crippen LogP contribution in [0.2, 0.25) is 0 Å². The molecule has 0 amide bonds. The number of hydrogen-bond acceptors (Lipinski definition) is 6. The van der Waals surface area contributed by atoms with Gasteiger partial charge in [0.2, 0.25) is 0 Å². The Morgan fingerprint density at radius 1 is 0.244 bits per heavy atom. The molecule has 0 aliphatic heterocycles. The topological polar surface area (TPSA) is 78.9 Å². The van der Waals surface area contributed by atoms with Crippen molar-refractivity contribution in [3.63, 3.8) is 0 Å². The zero-order valence-electron chi connectivity index (χ0n) is 55.8. The average molecular weight is 1150 g/mol. The van der Waals surface area contributed by atoms with Crippen molar-refractivity contribution in [1.82, 2.24) is 0 Å². The van der Waals surface area contributed by atoms with Gasteiger partial charge in [0.25, 0.3) is 0 Å². The predicted octanol–water partition coefficient (Wildman–Crippen LogP) is 25.7. The number of carbonyl (C=O) groups excluding carboxylic acids is 3. The standard InChI is InChI=1S/C76H144O6/c1-4-7-10-13-16-19-22-25-28-30-31-32-33-34-35-36-37-38-39-40-41-42-43-44-45-46-49-51-54-57-60-63-66-69-75(78)81-72-73(71-80-74(77)68-65-62-59-56-53-50-47-27-24-21-18-15-12-9-6-3)82-76(79)70-67-64-61-58-55-52-48-29-26-23-20-17-14-11-8-5-2/h20,23,29,48,73H,4-19,21-22,24-28,30-47,49-72H2,1-3H3/b23-20-,48-29-. The average Bonchev–Trinajstić information content (AvgIpc) is 3.47. The summed E-state index contributed by atoms with van der Waals surface area (Å²) < 4.78 is 17.0. The van der Waals surface area contributed by atoms with Gasteiger partial charge in [0.15, 0.2) is 6.10 Å². The molecular formula is C76H144O6. The highest BCUT2D eigenvalue weighted by Crippen LogP contribution is 2.19. The van der Waals surface area contributed by atoms with Crippen LogP contribution >= 0.6 is 0 Å². The molecule has 1 unspecified atom stereocenters. The number of carbonyl (C=O) groups is 3. The summed E-state index contributed by atoms with van der Waals surface area (Å²) in [5.41, 5.74) is 0. The van der Waals surface area contributed by atoms with Gasteiger partial charge in [0.1, 0.15) is 13.2 Å². The maximum Gasteiger partial charge on any atom is 0.306 e. The number of rotatable bonds is 70. The van der Waals surface area contributed by atoms with Crippen molar-refractivity contribution in [3.8, 4) is 0 Å². The highest BCUT2D eigenvalue weighted by molar-refractivity contribution is 5.71. The van der Waals surface area contributed by atoms with E-state index in [9.17, 15) is 14.4 Å². The lowest BCUT2D eigenvalue weighted by Crippen LogP contribution is -2.30. The third kappa shape index (κ3) is 68.7. The van der Waals surface area contributed by atoms with Crippen LogP contribution in [0.25, 0.3) is 0 Å². The molecule has 0 bridgehead atoms. The zero-order valence-corrected chi connectivity index (χ0v) is 55.8. The highest BCUT2D eigenvalue weighted by atomic mass is 16.6. The van der Waals surface area contributed by atoms with Crippen molar-refractivity contribution >= 4 is 17.9 Å². The fourth-order valence-electron chi connectivity index (χ4n) is 11.6. The summed E-state index contributed by atoms with van der Waals surface area (Å²) in [6.45, 7) is 6.70. The van der Waals surface area contributed by atoms with E-state index < -0.39 is 6.10 Å². The quantitative estimate of drug-likeness (QED) is 0.0261. The van der Waals surface area contributed by atoms with Crippen molar-refractivity contribution in [2.45, 2.75) is 431 Å². The van der Waals surface area contributed by atoms with Crippen molar-refractivity contribution in [1.29, 1.82) is 0 Å². The van der Waals surface area contributed by atoms with Crippen LogP contribution in [0.4, 0.5) is 0 Å². The largest absolute Gasteiger partial charge is 0.462 e. The zero-order chi connectivity index (χ0) is 59.2. The maximum atomic E-state index is 12.9. The van der Waals surface area contributed by atoms with Crippen molar-refractivity contribution in [3.05, 3.63) is 24.3 Å². The normalized spacial score (nSPS) is 12.1. The molecule has 484 valence electrons. The fraction of sp³-hybridized carbons (Fsp3) is 0.908. The van der Waals surface area contributed by atoms with Crippen molar-refractivity contribution in [2.24, 2.45) is 0 Å². The summed E-state index contributed by atoms with van der Waals surface area (Å²) in [4.78, 5) is 38.4. The van der Waals surface area contributed by atoms with E-state index in [1.54, 1.807) is 0 Å². The molecule has 0 heterocycles. The van der Waals surface area contributed by atoms with Gasteiger partial charge in [-0.15, -0.1) is 0 Å². The predicted molar refractivity (Wildman–Crippen MR) is 358 cm³/mol. The third-order valence-electron chi connectivity index (χ3n) is 17.2. The first-order valence-corrected chi connectivity index (χ1v) is 37.3. The van der Waals surface area contributed by atoms with E-state index in [2.05, 4.69) is 45.1 Å². The van der Waals surface area contributed by atoms with Crippen LogP contribution in [0.5, 0.6) is 0 Å². The minimum absolute atomic E-state index is 0.0707. The van der Waals surface area contributed by atoms with Gasteiger partial charge in [0.05, 0.1) is 0 Å². The van der Waals surface area contributed by atoms with Crippen molar-refractivity contribution < 1.29 is 28.6 Å². The van der Waals surface area contributed by atoms with Crippen LogP contribution in [-0.2, 0) is 28.6 Å². The number of hydrogen-bond donors (Lipinski definition) is 0. The van der Waals surface area contributed by atoms with E-state index in [0.717, 1.165) is 77.0 Å². The van der Waals surface area contributed by atoms with Crippen LogP contribution in [-0.4, -0.2) is 37.2 Å². The van der Waals surface area contributed by atoms with Crippen LogP contribution in [0.1, 0.15) is 425 Å². The van der Waals surface area contributed by atoms with Gasteiger partial charge in [-0.1, -0.05) is 379 Å². The SMILES string of the molecule is CCCCCC/C=C\C/C=C\CCCCCCCC(=O)OC(COC(=O)CCCCCCCCCCCCCCCCC)COC(=O)CCCCCCCCCCCCCCCCCCCCCCCCCCCCCCCCCCC. The fourth-order valence-corrected chi connectivity index (χ4v) is 11.6. The number of allylic oxidation sites excluding steroid dienone is 4. The number of unbranched alkanes of at least 4 members (excludes halogenated alkanes) is 55. The van der Waals surface area contributed by atoms with Gasteiger partial charge in [-0.05, 0) is 51.4 Å². The van der Waals surface area contributed by atoms with Crippen LogP contribution < -0.4 is 0 Å². The Hall–Kier alpha value is -2.11. The summed E-state index contributed by atoms with van der Waals surface area (Å²) in [6, 6.07) is 0. The monoisotopic (exact) mass is 1150 g/mol. The van der Waals surface area contributed by atoms with Gasteiger partial charge in [-0.25, -0.2) is 0 Å². The molecule has 6 nitrogen and oxygen atoms in total. The van der Waals surface area contributed by atoms with E-state index in [0.29, 0.717) is 19.3 Å². The second-order valence-electron chi connectivity index (χ2n) is 25.6. The Labute approximate surface area is 513 Å². The van der Waals surface area contributed by atoms with Crippen LogP contribution in [0, 0.1) is 0 Å². The molecule has 0 rings (SSSR count). The molecule has 82 heavy (non-hydrogen) atoms. The summed E-state index contributed by atoms with van der Waals surface area (Å²) >= 11 is 0. The van der Waals surface area contributed by atoms with E-state index in [1.807, 2.05) is 0 Å². The lowest BCUT2D eigenvalue weighted by Gasteiger charge is -2.18. The van der Waals surface area contributed by atoms with Crippen LogP contribution in [0.3, 0.4) is 0 Å². The Morgan fingerprint density at radius 2 is 0.439 bits per heavy atom. The first-order chi connectivity index (χ1) is 40.5. The highest BCUT2D eigenvalue weighted by Gasteiger charge is 2.20. The Kier molecular flexibility index (Phi) is 69.5. The summed E-state index contributed by atoms with van der Waals surface area (Å²) in [5, 5.41) is 0. The molecular weight excluding hydrogens is 1010 g/mol. The molecule has 0 aromatic rings. The Balaban J connectivity index is 4.10. The molecule has 0 saturated heterocycles. The minimum Gasteiger partial charge on any atom is -0.462 e. The molecule has 0 N–H and O–H groups in total. The third-order valence-corrected chi connectivity index (χ3v) is 17.2. The lowest BCUT2D eigenvalue weighted by atomic mass is 10.0. The molecule has 0 aliphatic carbocycles. The van der Waals surface area contributed by atoms with E-state index in [-0.39, 0.29) is 31.1 Å². The maximum absolute atomic E-state index is 12.9. The molecule has 0 radical (unpaired) electrons. The molecule has 0 aromatic carbocycles. The number of ether oxygens (including phenoxy) is 3. The van der Waals surface area contributed by atoms with E-state index >= 15 is 0 Å². The summed E-state index contributed by atoms with van der Waals surface area (Å²) in [5.74, 6) is -0.852. The second-order valence-corrected chi connectivity index (χ2v) is 25.6. The van der Waals surface area contributed by atoms with Crippen molar-refractivity contribution in [2.75, 3.05) is 13.2 Å².